The van der Waals surface area contributed by atoms with E-state index in [9.17, 15) is 14.4 Å². The number of carbonyl (C=O) groups is 3. The van der Waals surface area contributed by atoms with Crippen LogP contribution in [0.4, 0.5) is 0 Å². The number of carboxylic acids is 1. The fraction of sp³-hybridized carbons (Fsp3) is 0.375. The van der Waals surface area contributed by atoms with Gasteiger partial charge in [0.05, 0.1) is 18.4 Å². The Morgan fingerprint density at radius 2 is 1.61 bits per heavy atom. The van der Waals surface area contributed by atoms with Crippen molar-refractivity contribution in [3.05, 3.63) is 60.2 Å². The number of aliphatic carboxylic acids is 1. The molecule has 0 fully saturated rings. The third-order valence-corrected chi connectivity index (χ3v) is 4.99. The van der Waals surface area contributed by atoms with Crippen LogP contribution in [0.3, 0.4) is 0 Å². The Balaban J connectivity index is 0.00000480. The monoisotopic (exact) mass is 435 g/mol. The summed E-state index contributed by atoms with van der Waals surface area (Å²) in [5.74, 6) is -1.66. The van der Waals surface area contributed by atoms with E-state index in [4.69, 9.17) is 9.84 Å². The molecule has 0 aliphatic heterocycles. The van der Waals surface area contributed by atoms with Gasteiger partial charge >= 0.3 is 41.5 Å². The zero-order valence-corrected chi connectivity index (χ0v) is 20.5. The van der Waals surface area contributed by atoms with E-state index in [-0.39, 0.29) is 68.9 Å². The van der Waals surface area contributed by atoms with Gasteiger partial charge in [-0.05, 0) is 43.4 Å². The summed E-state index contributed by atoms with van der Waals surface area (Å²) in [6, 6.07) is 18.1. The van der Waals surface area contributed by atoms with E-state index in [1.807, 2.05) is 61.5 Å². The van der Waals surface area contributed by atoms with Gasteiger partial charge in [-0.15, -0.1) is 0 Å². The van der Waals surface area contributed by atoms with Crippen LogP contribution in [0.2, 0.25) is 0 Å². The summed E-state index contributed by atoms with van der Waals surface area (Å²) in [5, 5.41) is 11.4. The summed E-state index contributed by atoms with van der Waals surface area (Å²) in [7, 11) is 0. The maximum atomic E-state index is 12.6. The predicted molar refractivity (Wildman–Crippen MR) is 116 cm³/mol. The molecule has 162 valence electrons. The summed E-state index contributed by atoms with van der Waals surface area (Å²) in [6.07, 6.45) is 0.581. The second-order valence-electron chi connectivity index (χ2n) is 7.51. The molecule has 7 heteroatoms. The summed E-state index contributed by atoms with van der Waals surface area (Å²) < 4.78 is 5.28. The molecule has 1 atom stereocenters. The van der Waals surface area contributed by atoms with Crippen molar-refractivity contribution in [2.45, 2.75) is 39.5 Å². The van der Waals surface area contributed by atoms with Crippen LogP contribution in [0.25, 0.3) is 11.1 Å². The van der Waals surface area contributed by atoms with Crippen molar-refractivity contribution in [3.8, 4) is 11.1 Å². The number of hydrogen-bond donors (Lipinski definition) is 2. The zero-order valence-electron chi connectivity index (χ0n) is 19.5. The summed E-state index contributed by atoms with van der Waals surface area (Å²) in [6.45, 7) is 4.16. The van der Waals surface area contributed by atoms with Crippen LogP contribution in [-0.2, 0) is 25.5 Å². The molecule has 0 aliphatic rings. The van der Waals surface area contributed by atoms with E-state index in [0.29, 0.717) is 12.8 Å². The summed E-state index contributed by atoms with van der Waals surface area (Å²) >= 11 is 0. The van der Waals surface area contributed by atoms with E-state index < -0.39 is 11.4 Å². The van der Waals surface area contributed by atoms with Crippen molar-refractivity contribution >= 4 is 17.8 Å². The standard InChI is InChI=1S/C24H29NO5.Na.H/c1-3-30-23(29)24(2,15-16-25-21(26)13-14-22(27)28)17-18-9-11-20(12-10-18)19-7-5-4-6-8-19;;/h4-12H,3,13-17H2,1-2H3,(H,25,26)(H,27,28);;/q;+1;-1. The SMILES string of the molecule is CCOC(=O)C(C)(CCNC(=O)CCC(=O)O)Cc1ccc(-c2ccccc2)cc1.[H-].[Na+]. The average molecular weight is 435 g/mol. The first-order chi connectivity index (χ1) is 14.3. The molecule has 0 aromatic heterocycles. The first-order valence-electron chi connectivity index (χ1n) is 10.1. The summed E-state index contributed by atoms with van der Waals surface area (Å²) in [5.41, 5.74) is 2.43. The molecule has 1 amide bonds. The average Bonchev–Trinajstić information content (AvgIpc) is 2.73. The Labute approximate surface area is 207 Å². The minimum Gasteiger partial charge on any atom is -1.00 e. The van der Waals surface area contributed by atoms with Crippen LogP contribution < -0.4 is 34.9 Å². The first-order valence-corrected chi connectivity index (χ1v) is 10.1. The van der Waals surface area contributed by atoms with Crippen LogP contribution in [0, 0.1) is 5.41 Å². The second-order valence-corrected chi connectivity index (χ2v) is 7.51. The molecule has 2 aromatic carbocycles. The van der Waals surface area contributed by atoms with Crippen LogP contribution in [0.1, 0.15) is 40.1 Å². The van der Waals surface area contributed by atoms with Gasteiger partial charge in [0, 0.05) is 13.0 Å². The third kappa shape index (κ3) is 8.85. The molecule has 0 aliphatic carbocycles. The molecule has 2 rings (SSSR count). The Kier molecular flexibility index (Phi) is 11.5. The molecule has 0 bridgehead atoms. The molecule has 0 radical (unpaired) electrons. The van der Waals surface area contributed by atoms with Crippen molar-refractivity contribution in [3.63, 3.8) is 0 Å². The predicted octanol–water partition coefficient (Wildman–Crippen LogP) is 0.953. The molecule has 6 nitrogen and oxygen atoms in total. The van der Waals surface area contributed by atoms with Gasteiger partial charge < -0.3 is 16.6 Å². The molecule has 0 spiro atoms. The van der Waals surface area contributed by atoms with Gasteiger partial charge in [0.2, 0.25) is 5.91 Å². The number of amides is 1. The maximum absolute atomic E-state index is 12.6. The summed E-state index contributed by atoms with van der Waals surface area (Å²) in [4.78, 5) is 35.0. The van der Waals surface area contributed by atoms with Gasteiger partial charge in [-0.1, -0.05) is 54.6 Å². The Bertz CT molecular complexity index is 860. The van der Waals surface area contributed by atoms with Crippen molar-refractivity contribution in [2.24, 2.45) is 5.41 Å². The number of ether oxygens (including phenoxy) is 1. The number of carbonyl (C=O) groups excluding carboxylic acids is 2. The number of nitrogens with one attached hydrogen (secondary N) is 1. The molecule has 0 saturated heterocycles. The van der Waals surface area contributed by atoms with Gasteiger partial charge in [-0.2, -0.15) is 0 Å². The van der Waals surface area contributed by atoms with Crippen molar-refractivity contribution in [2.75, 3.05) is 13.2 Å². The molecule has 2 N–H and O–H groups in total. The van der Waals surface area contributed by atoms with Crippen molar-refractivity contribution in [1.82, 2.24) is 5.32 Å². The normalized spacial score (nSPS) is 12.2. The fourth-order valence-electron chi connectivity index (χ4n) is 3.25. The minimum absolute atomic E-state index is 0. The topological polar surface area (TPSA) is 92.7 Å². The quantitative estimate of drug-likeness (QED) is 0.405. The van der Waals surface area contributed by atoms with Gasteiger partial charge in [-0.25, -0.2) is 0 Å². The first kappa shape index (κ1) is 26.9. The molecule has 2 aromatic rings. The van der Waals surface area contributed by atoms with E-state index in [1.165, 1.54) is 0 Å². The van der Waals surface area contributed by atoms with E-state index in [0.717, 1.165) is 16.7 Å². The van der Waals surface area contributed by atoms with Crippen molar-refractivity contribution < 1.29 is 55.2 Å². The number of carboxylic acid groups (broad SMARTS) is 1. The molecule has 0 heterocycles. The molecule has 1 unspecified atom stereocenters. The van der Waals surface area contributed by atoms with Crippen LogP contribution >= 0.6 is 0 Å². The van der Waals surface area contributed by atoms with Gasteiger partial charge in [0.1, 0.15) is 0 Å². The second kappa shape index (κ2) is 13.3. The third-order valence-electron chi connectivity index (χ3n) is 4.99. The van der Waals surface area contributed by atoms with Gasteiger partial charge in [0.25, 0.3) is 0 Å². The number of esters is 1. The molecule has 0 saturated carbocycles. The smallest absolute Gasteiger partial charge is 1.00 e. The van der Waals surface area contributed by atoms with E-state index in [2.05, 4.69) is 5.32 Å². The van der Waals surface area contributed by atoms with Crippen LogP contribution in [-0.4, -0.2) is 36.1 Å². The van der Waals surface area contributed by atoms with Gasteiger partial charge in [0.15, 0.2) is 0 Å². The van der Waals surface area contributed by atoms with Crippen molar-refractivity contribution in [1.29, 1.82) is 0 Å². The number of benzene rings is 2. The van der Waals surface area contributed by atoms with E-state index in [1.54, 1.807) is 6.92 Å². The van der Waals surface area contributed by atoms with Crippen LogP contribution in [0.15, 0.2) is 54.6 Å². The molecular formula is C24H30NNaO5. The number of hydrogen-bond acceptors (Lipinski definition) is 4. The Morgan fingerprint density at radius 1 is 1.00 bits per heavy atom. The molecule has 31 heavy (non-hydrogen) atoms. The maximum Gasteiger partial charge on any atom is 1.00 e. The molecular weight excluding hydrogens is 405 g/mol. The minimum atomic E-state index is -1.01. The Morgan fingerprint density at radius 3 is 2.19 bits per heavy atom. The zero-order chi connectivity index (χ0) is 22.0. The van der Waals surface area contributed by atoms with Gasteiger partial charge in [-0.3, -0.25) is 14.4 Å². The largest absolute Gasteiger partial charge is 1.00 e. The van der Waals surface area contributed by atoms with Crippen LogP contribution in [0.5, 0.6) is 0 Å². The Hall–Kier alpha value is -2.15. The fourth-order valence-corrected chi connectivity index (χ4v) is 3.25. The van der Waals surface area contributed by atoms with E-state index >= 15 is 0 Å². The number of rotatable bonds is 11.